The average molecular weight is 402 g/mol. The summed E-state index contributed by atoms with van der Waals surface area (Å²) >= 11 is 0. The first-order chi connectivity index (χ1) is 13.0. The van der Waals surface area contributed by atoms with E-state index in [2.05, 4.69) is 14.2 Å². The van der Waals surface area contributed by atoms with Crippen LogP contribution in [0.4, 0.5) is 0 Å². The molecule has 1 saturated heterocycles. The van der Waals surface area contributed by atoms with Crippen LogP contribution in [0.5, 0.6) is 0 Å². The predicted octanol–water partition coefficient (Wildman–Crippen LogP) is 0.0522. The molecule has 0 unspecified atom stereocenters. The molecule has 10 nitrogen and oxygen atoms in total. The van der Waals surface area contributed by atoms with Gasteiger partial charge in [0.2, 0.25) is 5.60 Å². The summed E-state index contributed by atoms with van der Waals surface area (Å²) in [6, 6.07) is 0. The van der Waals surface area contributed by atoms with Gasteiger partial charge in [-0.05, 0) is 20.3 Å². The average Bonchev–Trinajstić information content (AvgIpc) is 3.00. The summed E-state index contributed by atoms with van der Waals surface area (Å²) in [4.78, 5) is 49.2. The Hall–Kier alpha value is -2.30. The first kappa shape index (κ1) is 23.7. The second kappa shape index (κ2) is 9.26. The maximum Gasteiger partial charge on any atom is 0.345 e. The number of ether oxygens (including phenoxy) is 5. The monoisotopic (exact) mass is 402 g/mol. The van der Waals surface area contributed by atoms with Gasteiger partial charge in [-0.15, -0.1) is 0 Å². The van der Waals surface area contributed by atoms with Gasteiger partial charge in [0.15, 0.2) is 11.6 Å². The Morgan fingerprint density at radius 3 is 2.14 bits per heavy atom. The van der Waals surface area contributed by atoms with Crippen molar-refractivity contribution < 1.29 is 48.0 Å². The van der Waals surface area contributed by atoms with E-state index in [1.54, 1.807) is 6.92 Å². The Kier molecular flexibility index (Phi) is 7.85. The number of carbonyl (C=O) groups excluding carboxylic acids is 4. The van der Waals surface area contributed by atoms with Gasteiger partial charge in [-0.3, -0.25) is 4.79 Å². The van der Waals surface area contributed by atoms with E-state index < -0.39 is 52.9 Å². The number of esters is 3. The third-order valence-electron chi connectivity index (χ3n) is 4.10. The zero-order valence-corrected chi connectivity index (χ0v) is 16.8. The van der Waals surface area contributed by atoms with Crippen LogP contribution < -0.4 is 0 Å². The molecule has 0 aromatic heterocycles. The molecule has 0 aromatic rings. The molecular weight excluding hydrogens is 376 g/mol. The van der Waals surface area contributed by atoms with Gasteiger partial charge < -0.3 is 28.8 Å². The molecule has 1 N–H and O–H groups in total. The molecule has 1 fully saturated rings. The van der Waals surface area contributed by atoms with E-state index in [0.717, 1.165) is 21.3 Å². The van der Waals surface area contributed by atoms with Gasteiger partial charge in [-0.1, -0.05) is 6.92 Å². The van der Waals surface area contributed by atoms with Crippen molar-refractivity contribution in [2.45, 2.75) is 57.2 Å². The van der Waals surface area contributed by atoms with Crippen LogP contribution in [0.2, 0.25) is 0 Å². The number of rotatable bonds is 8. The summed E-state index contributed by atoms with van der Waals surface area (Å²) in [5, 5.41) is 11.3. The lowest BCUT2D eigenvalue weighted by Gasteiger charge is -2.33. The van der Waals surface area contributed by atoms with Gasteiger partial charge >= 0.3 is 17.9 Å². The fourth-order valence-corrected chi connectivity index (χ4v) is 2.84. The van der Waals surface area contributed by atoms with Crippen LogP contribution in [0.1, 0.15) is 33.6 Å². The zero-order chi connectivity index (χ0) is 21.7. The van der Waals surface area contributed by atoms with Crippen LogP contribution in [0, 0.1) is 0 Å². The molecule has 0 aromatic carbocycles. The van der Waals surface area contributed by atoms with Crippen molar-refractivity contribution in [3.05, 3.63) is 11.6 Å². The highest BCUT2D eigenvalue weighted by atomic mass is 16.8. The molecule has 0 amide bonds. The molecule has 10 heteroatoms. The third-order valence-corrected chi connectivity index (χ3v) is 4.10. The van der Waals surface area contributed by atoms with E-state index in [-0.39, 0.29) is 6.42 Å². The number of ketones is 1. The van der Waals surface area contributed by atoms with Crippen molar-refractivity contribution in [2.24, 2.45) is 0 Å². The molecule has 3 atom stereocenters. The first-order valence-electron chi connectivity index (χ1n) is 8.56. The van der Waals surface area contributed by atoms with Crippen LogP contribution in [0.25, 0.3) is 0 Å². The number of hydrogen-bond donors (Lipinski definition) is 1. The van der Waals surface area contributed by atoms with Crippen molar-refractivity contribution in [3.8, 4) is 0 Å². The smallest absolute Gasteiger partial charge is 0.345 e. The van der Waals surface area contributed by atoms with Crippen molar-refractivity contribution in [3.63, 3.8) is 0 Å². The normalized spacial score (nSPS) is 23.5. The first-order valence-corrected chi connectivity index (χ1v) is 8.56. The Morgan fingerprint density at radius 1 is 1.07 bits per heavy atom. The zero-order valence-electron chi connectivity index (χ0n) is 16.8. The van der Waals surface area contributed by atoms with Crippen LogP contribution in [-0.4, -0.2) is 73.7 Å². The van der Waals surface area contributed by atoms with Gasteiger partial charge in [0, 0.05) is 12.5 Å². The van der Waals surface area contributed by atoms with Crippen molar-refractivity contribution in [1.82, 2.24) is 0 Å². The second-order valence-corrected chi connectivity index (χ2v) is 6.52. The summed E-state index contributed by atoms with van der Waals surface area (Å²) in [5.41, 5.74) is -3.69. The summed E-state index contributed by atoms with van der Waals surface area (Å²) in [6.45, 7) is 4.70. The van der Waals surface area contributed by atoms with E-state index in [9.17, 15) is 24.3 Å². The maximum absolute atomic E-state index is 12.6. The lowest BCUT2D eigenvalue weighted by Crippen LogP contribution is -2.59. The van der Waals surface area contributed by atoms with E-state index in [0.29, 0.717) is 12.5 Å². The highest BCUT2D eigenvalue weighted by Gasteiger charge is 2.62. The number of hydrogen-bond acceptors (Lipinski definition) is 10. The standard InChI is InChI=1S/C18H26O10/c1-7-8-11(19)13-14(28-17(2,3)27-13)18(23,16(22)26-6)10(15(21)25-5)9-12(20)24-4/h9,13-14,23H,7-8H2,1-6H3/t13-,14+,18+/m0/s1. The van der Waals surface area contributed by atoms with Gasteiger partial charge in [0.1, 0.15) is 12.2 Å². The minimum Gasteiger partial charge on any atom is -0.467 e. The summed E-state index contributed by atoms with van der Waals surface area (Å²) in [5.74, 6) is -5.42. The van der Waals surface area contributed by atoms with Gasteiger partial charge in [-0.25, -0.2) is 14.4 Å². The topological polar surface area (TPSA) is 135 Å². The molecule has 0 radical (unpaired) electrons. The Bertz CT molecular complexity index is 665. The predicted molar refractivity (Wildman–Crippen MR) is 92.8 cm³/mol. The van der Waals surface area contributed by atoms with Gasteiger partial charge in [-0.2, -0.15) is 0 Å². The number of aliphatic hydroxyl groups is 1. The van der Waals surface area contributed by atoms with Crippen LogP contribution in [0.3, 0.4) is 0 Å². The molecule has 1 aliphatic heterocycles. The van der Waals surface area contributed by atoms with Crippen molar-refractivity contribution in [2.75, 3.05) is 21.3 Å². The molecule has 0 saturated carbocycles. The number of carbonyl (C=O) groups is 4. The van der Waals surface area contributed by atoms with E-state index in [1.165, 1.54) is 13.8 Å². The third kappa shape index (κ3) is 4.75. The van der Waals surface area contributed by atoms with Crippen LogP contribution in [0.15, 0.2) is 11.6 Å². The van der Waals surface area contributed by atoms with Crippen LogP contribution in [-0.2, 0) is 42.9 Å². The van der Waals surface area contributed by atoms with Crippen molar-refractivity contribution in [1.29, 1.82) is 0 Å². The Labute approximate surface area is 162 Å². The van der Waals surface area contributed by atoms with E-state index in [4.69, 9.17) is 9.47 Å². The minimum atomic E-state index is -2.88. The molecule has 158 valence electrons. The maximum atomic E-state index is 12.6. The SMILES string of the molecule is CCCC(=O)[C@@H]1OC(C)(C)O[C@H]1[C@@](O)(C(=O)OC)C(=CC(=O)OC)C(=O)OC. The molecule has 0 bridgehead atoms. The van der Waals surface area contributed by atoms with Gasteiger partial charge in [0.25, 0.3) is 0 Å². The molecule has 1 aliphatic rings. The fraction of sp³-hybridized carbons (Fsp3) is 0.667. The van der Waals surface area contributed by atoms with E-state index in [1.807, 2.05) is 0 Å². The quantitative estimate of drug-likeness (QED) is 0.337. The number of Topliss-reactive ketones (excluding diaryl/α,β-unsaturated/α-hetero) is 1. The second-order valence-electron chi connectivity index (χ2n) is 6.52. The number of methoxy groups -OCH3 is 3. The van der Waals surface area contributed by atoms with Crippen LogP contribution >= 0.6 is 0 Å². The summed E-state index contributed by atoms with van der Waals surface area (Å²) < 4.78 is 24.9. The molecular formula is C18H26O10. The molecule has 1 rings (SSSR count). The highest BCUT2D eigenvalue weighted by molar-refractivity contribution is 6.05. The van der Waals surface area contributed by atoms with Crippen molar-refractivity contribution >= 4 is 23.7 Å². The molecule has 28 heavy (non-hydrogen) atoms. The fourth-order valence-electron chi connectivity index (χ4n) is 2.84. The van der Waals surface area contributed by atoms with E-state index >= 15 is 0 Å². The Balaban J connectivity index is 3.65. The molecule has 1 heterocycles. The Morgan fingerprint density at radius 2 is 1.68 bits per heavy atom. The molecule has 0 spiro atoms. The van der Waals surface area contributed by atoms with Gasteiger partial charge in [0.05, 0.1) is 26.9 Å². The molecule has 0 aliphatic carbocycles. The largest absolute Gasteiger partial charge is 0.467 e. The highest BCUT2D eigenvalue weighted by Crippen LogP contribution is 2.39. The lowest BCUT2D eigenvalue weighted by molar-refractivity contribution is -0.187. The minimum absolute atomic E-state index is 0.0755. The lowest BCUT2D eigenvalue weighted by atomic mass is 9.82. The summed E-state index contributed by atoms with van der Waals surface area (Å²) in [7, 11) is 2.99. The summed E-state index contributed by atoms with van der Waals surface area (Å²) in [6.07, 6.45) is -1.94.